The molecular formula is C16H29N3O. The van der Waals surface area contributed by atoms with Crippen LogP contribution in [0.5, 0.6) is 0 Å². The molecule has 0 amide bonds. The van der Waals surface area contributed by atoms with Crippen molar-refractivity contribution >= 4 is 0 Å². The van der Waals surface area contributed by atoms with Crippen LogP contribution in [-0.2, 0) is 10.3 Å². The highest BCUT2D eigenvalue weighted by molar-refractivity contribution is 5.29. The van der Waals surface area contributed by atoms with Gasteiger partial charge in [0, 0.05) is 24.5 Å². The third-order valence-corrected chi connectivity index (χ3v) is 3.94. The van der Waals surface area contributed by atoms with Crippen molar-refractivity contribution in [3.63, 3.8) is 0 Å². The fraction of sp³-hybridized carbons (Fsp3) is 0.750. The van der Waals surface area contributed by atoms with Gasteiger partial charge in [0.05, 0.1) is 0 Å². The molecule has 0 radical (unpaired) electrons. The van der Waals surface area contributed by atoms with Crippen LogP contribution >= 0.6 is 0 Å². The summed E-state index contributed by atoms with van der Waals surface area (Å²) < 4.78 is 5.89. The number of rotatable bonds is 7. The number of hydrogen-bond acceptors (Lipinski definition) is 4. The first-order chi connectivity index (χ1) is 9.39. The minimum absolute atomic E-state index is 0.394. The second kappa shape index (κ2) is 7.14. The van der Waals surface area contributed by atoms with Crippen molar-refractivity contribution in [2.75, 3.05) is 20.2 Å². The van der Waals surface area contributed by atoms with E-state index >= 15 is 0 Å². The van der Waals surface area contributed by atoms with Crippen LogP contribution < -0.4 is 5.32 Å². The van der Waals surface area contributed by atoms with Crippen molar-refractivity contribution in [3.05, 3.63) is 22.8 Å². The molecule has 4 heteroatoms. The van der Waals surface area contributed by atoms with Crippen molar-refractivity contribution < 1.29 is 4.74 Å². The lowest BCUT2D eigenvalue weighted by Crippen LogP contribution is -2.29. The van der Waals surface area contributed by atoms with Crippen LogP contribution in [0.4, 0.5) is 0 Å². The third kappa shape index (κ3) is 3.55. The van der Waals surface area contributed by atoms with Crippen LogP contribution in [0.3, 0.4) is 0 Å². The van der Waals surface area contributed by atoms with Crippen LogP contribution in [0.25, 0.3) is 0 Å². The molecule has 1 aromatic rings. The molecular weight excluding hydrogens is 250 g/mol. The number of aryl methyl sites for hydroxylation is 2. The van der Waals surface area contributed by atoms with Gasteiger partial charge < -0.3 is 10.1 Å². The average Bonchev–Trinajstić information content (AvgIpc) is 2.38. The van der Waals surface area contributed by atoms with E-state index < -0.39 is 5.60 Å². The van der Waals surface area contributed by atoms with Crippen LogP contribution in [0.2, 0.25) is 0 Å². The van der Waals surface area contributed by atoms with E-state index in [0.29, 0.717) is 12.5 Å². The van der Waals surface area contributed by atoms with Crippen molar-refractivity contribution in [3.8, 4) is 0 Å². The topological polar surface area (TPSA) is 47.0 Å². The Morgan fingerprint density at radius 1 is 1.20 bits per heavy atom. The van der Waals surface area contributed by atoms with Gasteiger partial charge in [-0.3, -0.25) is 0 Å². The molecule has 1 N–H and O–H groups in total. The lowest BCUT2D eigenvalue weighted by atomic mass is 9.96. The van der Waals surface area contributed by atoms with Gasteiger partial charge in [0.2, 0.25) is 0 Å². The molecule has 0 aliphatic carbocycles. The molecule has 0 spiro atoms. The largest absolute Gasteiger partial charge is 0.368 e. The fourth-order valence-corrected chi connectivity index (χ4v) is 2.73. The number of ether oxygens (including phenoxy) is 1. The number of nitrogens with zero attached hydrogens (tertiary/aromatic N) is 2. The van der Waals surface area contributed by atoms with Gasteiger partial charge in [-0.15, -0.1) is 0 Å². The minimum Gasteiger partial charge on any atom is -0.368 e. The van der Waals surface area contributed by atoms with E-state index in [1.807, 2.05) is 14.0 Å². The van der Waals surface area contributed by atoms with E-state index in [0.717, 1.165) is 30.2 Å². The first-order valence-electron chi connectivity index (χ1n) is 7.53. The van der Waals surface area contributed by atoms with Crippen molar-refractivity contribution in [1.82, 2.24) is 15.3 Å². The number of hydrogen-bond donors (Lipinski definition) is 1. The van der Waals surface area contributed by atoms with Crippen molar-refractivity contribution in [2.45, 2.75) is 59.5 Å². The number of nitrogens with one attached hydrogen (secondary N) is 1. The predicted octanol–water partition coefficient (Wildman–Crippen LogP) is 3.08. The second-order valence-electron chi connectivity index (χ2n) is 5.61. The van der Waals surface area contributed by atoms with E-state index in [1.54, 1.807) is 0 Å². The van der Waals surface area contributed by atoms with Crippen molar-refractivity contribution in [2.24, 2.45) is 0 Å². The molecule has 0 aliphatic heterocycles. The van der Waals surface area contributed by atoms with Crippen LogP contribution in [0.1, 0.15) is 62.8 Å². The number of aromatic nitrogens is 2. The van der Waals surface area contributed by atoms with Gasteiger partial charge in [-0.1, -0.05) is 13.8 Å². The highest BCUT2D eigenvalue weighted by atomic mass is 16.5. The molecule has 1 heterocycles. The predicted molar refractivity (Wildman–Crippen MR) is 83.1 cm³/mol. The average molecular weight is 279 g/mol. The number of likely N-dealkylation sites (N-methyl/N-ethyl adjacent to an activating group) is 1. The van der Waals surface area contributed by atoms with E-state index in [1.165, 1.54) is 5.56 Å². The summed E-state index contributed by atoms with van der Waals surface area (Å²) in [7, 11) is 1.97. The quantitative estimate of drug-likeness (QED) is 0.833. The van der Waals surface area contributed by atoms with Gasteiger partial charge in [-0.2, -0.15) is 0 Å². The van der Waals surface area contributed by atoms with E-state index in [2.05, 4.69) is 39.9 Å². The summed E-state index contributed by atoms with van der Waals surface area (Å²) in [6.45, 7) is 14.1. The zero-order valence-corrected chi connectivity index (χ0v) is 14.0. The molecule has 2 atom stereocenters. The molecule has 1 aromatic heterocycles. The zero-order valence-electron chi connectivity index (χ0n) is 14.0. The van der Waals surface area contributed by atoms with Crippen LogP contribution in [0.15, 0.2) is 0 Å². The van der Waals surface area contributed by atoms with Gasteiger partial charge in [0.25, 0.3) is 0 Å². The Morgan fingerprint density at radius 3 is 2.15 bits per heavy atom. The molecule has 0 aliphatic rings. The Labute approximate surface area is 123 Å². The maximum absolute atomic E-state index is 5.89. The highest BCUT2D eigenvalue weighted by Crippen LogP contribution is 2.29. The fourth-order valence-electron chi connectivity index (χ4n) is 2.73. The van der Waals surface area contributed by atoms with Crippen molar-refractivity contribution in [1.29, 1.82) is 0 Å². The molecule has 0 fully saturated rings. The molecule has 20 heavy (non-hydrogen) atoms. The SMILES string of the molecule is CCOC(C)(CC)c1nc(C)c(C(C)CNC)c(C)n1. The molecule has 0 saturated heterocycles. The summed E-state index contributed by atoms with van der Waals surface area (Å²) in [5.41, 5.74) is 2.98. The molecule has 0 aromatic carbocycles. The first kappa shape index (κ1) is 17.1. The van der Waals surface area contributed by atoms with Gasteiger partial charge in [0.15, 0.2) is 5.82 Å². The normalized spacial score (nSPS) is 15.9. The van der Waals surface area contributed by atoms with E-state index in [4.69, 9.17) is 14.7 Å². The Morgan fingerprint density at radius 2 is 1.75 bits per heavy atom. The Bertz CT molecular complexity index is 424. The van der Waals surface area contributed by atoms with E-state index in [9.17, 15) is 0 Å². The van der Waals surface area contributed by atoms with Gasteiger partial charge >= 0.3 is 0 Å². The molecule has 4 nitrogen and oxygen atoms in total. The highest BCUT2D eigenvalue weighted by Gasteiger charge is 2.29. The van der Waals surface area contributed by atoms with Crippen LogP contribution in [0, 0.1) is 13.8 Å². The summed E-state index contributed by atoms with van der Waals surface area (Å²) >= 11 is 0. The summed E-state index contributed by atoms with van der Waals surface area (Å²) in [4.78, 5) is 9.47. The van der Waals surface area contributed by atoms with Gasteiger partial charge in [-0.05, 0) is 52.6 Å². The molecule has 0 saturated carbocycles. The summed E-state index contributed by atoms with van der Waals surface area (Å²) in [6.07, 6.45) is 0.866. The van der Waals surface area contributed by atoms with Crippen LogP contribution in [-0.4, -0.2) is 30.2 Å². The third-order valence-electron chi connectivity index (χ3n) is 3.94. The minimum atomic E-state index is -0.394. The summed E-state index contributed by atoms with van der Waals surface area (Å²) in [6, 6.07) is 0. The maximum Gasteiger partial charge on any atom is 0.160 e. The summed E-state index contributed by atoms with van der Waals surface area (Å²) in [5.74, 6) is 1.21. The van der Waals surface area contributed by atoms with Gasteiger partial charge in [0.1, 0.15) is 5.60 Å². The molecule has 0 bridgehead atoms. The summed E-state index contributed by atoms with van der Waals surface area (Å²) in [5, 5.41) is 3.22. The maximum atomic E-state index is 5.89. The smallest absolute Gasteiger partial charge is 0.160 e. The van der Waals surface area contributed by atoms with Gasteiger partial charge in [-0.25, -0.2) is 9.97 Å². The first-order valence-corrected chi connectivity index (χ1v) is 7.53. The second-order valence-corrected chi connectivity index (χ2v) is 5.61. The Hall–Kier alpha value is -1.00. The molecule has 114 valence electrons. The monoisotopic (exact) mass is 279 g/mol. The molecule has 1 rings (SSSR count). The Balaban J connectivity index is 3.22. The van der Waals surface area contributed by atoms with E-state index in [-0.39, 0.29) is 0 Å². The Kier molecular flexibility index (Phi) is 6.08. The lowest BCUT2D eigenvalue weighted by molar-refractivity contribution is -0.0393. The molecule has 2 unspecified atom stereocenters. The lowest BCUT2D eigenvalue weighted by Gasteiger charge is -2.28. The zero-order chi connectivity index (χ0) is 15.3. The standard InChI is InChI=1S/C16H29N3O/c1-8-16(6,20-9-2)15-18-12(4)14(13(5)19-15)11(3)10-17-7/h11,17H,8-10H2,1-7H3.